The summed E-state index contributed by atoms with van der Waals surface area (Å²) in [7, 11) is -3.54. The number of sulfonamides is 1. The van der Waals surface area contributed by atoms with Crippen LogP contribution in [0.15, 0.2) is 29.2 Å². The van der Waals surface area contributed by atoms with E-state index in [0.717, 1.165) is 0 Å². The van der Waals surface area contributed by atoms with E-state index in [9.17, 15) is 13.2 Å². The minimum atomic E-state index is -3.54. The van der Waals surface area contributed by atoms with E-state index in [1.165, 1.54) is 16.4 Å². The minimum absolute atomic E-state index is 0.0586. The molecule has 1 aliphatic heterocycles. The molecule has 122 valence electrons. The number of carboxylic acids is 1. The second-order valence-corrected chi connectivity index (χ2v) is 6.92. The maximum Gasteiger partial charge on any atom is 0.317 e. The van der Waals surface area contributed by atoms with Crippen LogP contribution in [0.25, 0.3) is 0 Å². The van der Waals surface area contributed by atoms with E-state index in [0.29, 0.717) is 38.5 Å². The van der Waals surface area contributed by atoms with Gasteiger partial charge in [-0.2, -0.15) is 4.31 Å². The number of aliphatic carboxylic acids is 1. The van der Waals surface area contributed by atoms with Gasteiger partial charge < -0.3 is 9.84 Å². The monoisotopic (exact) mass is 328 g/mol. The first-order valence-electron chi connectivity index (χ1n) is 7.10. The van der Waals surface area contributed by atoms with Crippen molar-refractivity contribution in [2.24, 2.45) is 0 Å². The van der Waals surface area contributed by atoms with E-state index in [2.05, 4.69) is 0 Å². The Labute approximate surface area is 130 Å². The number of hydrogen-bond acceptors (Lipinski definition) is 5. The molecule has 1 aromatic carbocycles. The van der Waals surface area contributed by atoms with Gasteiger partial charge in [0.15, 0.2) is 0 Å². The van der Waals surface area contributed by atoms with Crippen LogP contribution >= 0.6 is 0 Å². The third kappa shape index (κ3) is 3.96. The molecule has 8 heteroatoms. The Morgan fingerprint density at radius 2 is 1.77 bits per heavy atom. The van der Waals surface area contributed by atoms with Gasteiger partial charge >= 0.3 is 5.97 Å². The molecule has 1 saturated heterocycles. The van der Waals surface area contributed by atoms with Crippen LogP contribution in [0.2, 0.25) is 0 Å². The van der Waals surface area contributed by atoms with Gasteiger partial charge in [-0.25, -0.2) is 8.42 Å². The Bertz CT molecular complexity index is 607. The molecule has 1 fully saturated rings. The summed E-state index contributed by atoms with van der Waals surface area (Å²) in [6.45, 7) is 3.76. The number of piperazine rings is 1. The summed E-state index contributed by atoms with van der Waals surface area (Å²) in [6, 6.07) is 6.34. The first-order valence-corrected chi connectivity index (χ1v) is 8.54. The first kappa shape index (κ1) is 16.7. The maximum absolute atomic E-state index is 12.5. The molecule has 0 aliphatic carbocycles. The normalized spacial score (nSPS) is 17.3. The van der Waals surface area contributed by atoms with Crippen molar-refractivity contribution in [3.05, 3.63) is 24.3 Å². The highest BCUT2D eigenvalue weighted by Gasteiger charge is 2.28. The standard InChI is InChI=1S/C14H20N2O5S/c1-2-21-12-3-5-13(6-4-12)22(19,20)16-9-7-15(8-10-16)11-14(17)18/h3-6H,2,7-11H2,1H3,(H,17,18). The third-order valence-corrected chi connectivity index (χ3v) is 5.38. The highest BCUT2D eigenvalue weighted by atomic mass is 32.2. The molecular formula is C14H20N2O5S. The Hall–Kier alpha value is -1.64. The van der Waals surface area contributed by atoms with Crippen molar-refractivity contribution in [3.8, 4) is 5.75 Å². The van der Waals surface area contributed by atoms with E-state index in [-0.39, 0.29) is 11.4 Å². The molecule has 0 saturated carbocycles. The van der Waals surface area contributed by atoms with E-state index in [4.69, 9.17) is 9.84 Å². The Morgan fingerprint density at radius 3 is 2.27 bits per heavy atom. The van der Waals surface area contributed by atoms with Crippen LogP contribution in [0.3, 0.4) is 0 Å². The van der Waals surface area contributed by atoms with E-state index < -0.39 is 16.0 Å². The molecule has 7 nitrogen and oxygen atoms in total. The molecule has 1 aromatic rings. The van der Waals surface area contributed by atoms with Gasteiger partial charge in [0.05, 0.1) is 18.0 Å². The summed E-state index contributed by atoms with van der Waals surface area (Å²) in [5.41, 5.74) is 0. The average molecular weight is 328 g/mol. The van der Waals surface area contributed by atoms with Crippen molar-refractivity contribution in [3.63, 3.8) is 0 Å². The molecule has 1 heterocycles. The zero-order valence-corrected chi connectivity index (χ0v) is 13.3. The third-order valence-electron chi connectivity index (χ3n) is 3.46. The zero-order chi connectivity index (χ0) is 16.2. The highest BCUT2D eigenvalue weighted by Crippen LogP contribution is 2.20. The Morgan fingerprint density at radius 1 is 1.18 bits per heavy atom. The smallest absolute Gasteiger partial charge is 0.317 e. The van der Waals surface area contributed by atoms with Gasteiger partial charge in [0.2, 0.25) is 10.0 Å². The number of carboxylic acid groups (broad SMARTS) is 1. The molecule has 0 radical (unpaired) electrons. The number of nitrogens with zero attached hydrogens (tertiary/aromatic N) is 2. The fourth-order valence-corrected chi connectivity index (χ4v) is 3.77. The van der Waals surface area contributed by atoms with Crippen molar-refractivity contribution in [2.75, 3.05) is 39.3 Å². The Balaban J connectivity index is 2.03. The molecule has 0 spiro atoms. The van der Waals surface area contributed by atoms with Crippen molar-refractivity contribution >= 4 is 16.0 Å². The largest absolute Gasteiger partial charge is 0.494 e. The summed E-state index contributed by atoms with van der Waals surface area (Å²) in [4.78, 5) is 12.6. The van der Waals surface area contributed by atoms with Crippen molar-refractivity contribution < 1.29 is 23.1 Å². The van der Waals surface area contributed by atoms with Gasteiger partial charge in [-0.3, -0.25) is 9.69 Å². The summed E-state index contributed by atoms with van der Waals surface area (Å²) in [5, 5.41) is 8.75. The van der Waals surface area contributed by atoms with Crippen LogP contribution in [0.4, 0.5) is 0 Å². The number of benzene rings is 1. The van der Waals surface area contributed by atoms with Crippen LogP contribution in [0.5, 0.6) is 5.75 Å². The number of hydrogen-bond donors (Lipinski definition) is 1. The van der Waals surface area contributed by atoms with Crippen LogP contribution in [0, 0.1) is 0 Å². The number of ether oxygens (including phenoxy) is 1. The highest BCUT2D eigenvalue weighted by molar-refractivity contribution is 7.89. The predicted octanol–water partition coefficient (Wildman–Crippen LogP) is 0.476. The predicted molar refractivity (Wildman–Crippen MR) is 80.4 cm³/mol. The lowest BCUT2D eigenvalue weighted by Crippen LogP contribution is -2.49. The maximum atomic E-state index is 12.5. The van der Waals surface area contributed by atoms with Crippen LogP contribution in [-0.2, 0) is 14.8 Å². The molecule has 2 rings (SSSR count). The lowest BCUT2D eigenvalue weighted by molar-refractivity contribution is -0.138. The van der Waals surface area contributed by atoms with Gasteiger partial charge in [0.25, 0.3) is 0 Å². The summed E-state index contributed by atoms with van der Waals surface area (Å²) in [6.07, 6.45) is 0. The first-order chi connectivity index (χ1) is 10.4. The lowest BCUT2D eigenvalue weighted by atomic mass is 10.3. The fourth-order valence-electron chi connectivity index (χ4n) is 2.34. The summed E-state index contributed by atoms with van der Waals surface area (Å²) in [5.74, 6) is -0.268. The van der Waals surface area contributed by atoms with E-state index in [1.807, 2.05) is 6.92 Å². The second-order valence-electron chi connectivity index (χ2n) is 4.98. The lowest BCUT2D eigenvalue weighted by Gasteiger charge is -2.33. The van der Waals surface area contributed by atoms with Gasteiger partial charge in [-0.15, -0.1) is 0 Å². The van der Waals surface area contributed by atoms with Crippen LogP contribution in [-0.4, -0.2) is 68.0 Å². The van der Waals surface area contributed by atoms with Gasteiger partial charge in [-0.05, 0) is 31.2 Å². The molecule has 22 heavy (non-hydrogen) atoms. The number of rotatable bonds is 6. The molecule has 0 aromatic heterocycles. The number of carbonyl (C=O) groups is 1. The van der Waals surface area contributed by atoms with Crippen molar-refractivity contribution in [2.45, 2.75) is 11.8 Å². The summed E-state index contributed by atoms with van der Waals surface area (Å²) >= 11 is 0. The second kappa shape index (κ2) is 7.08. The minimum Gasteiger partial charge on any atom is -0.494 e. The SMILES string of the molecule is CCOc1ccc(S(=O)(=O)N2CCN(CC(=O)O)CC2)cc1. The molecule has 0 atom stereocenters. The van der Waals surface area contributed by atoms with E-state index in [1.54, 1.807) is 17.0 Å². The van der Waals surface area contributed by atoms with E-state index >= 15 is 0 Å². The molecule has 1 N–H and O–H groups in total. The fraction of sp³-hybridized carbons (Fsp3) is 0.500. The van der Waals surface area contributed by atoms with Gasteiger partial charge in [0, 0.05) is 26.2 Å². The summed E-state index contributed by atoms with van der Waals surface area (Å²) < 4.78 is 31.8. The quantitative estimate of drug-likeness (QED) is 0.817. The zero-order valence-electron chi connectivity index (χ0n) is 12.4. The molecule has 1 aliphatic rings. The molecular weight excluding hydrogens is 308 g/mol. The molecule has 0 unspecified atom stereocenters. The molecule has 0 bridgehead atoms. The van der Waals surface area contributed by atoms with Gasteiger partial charge in [0.1, 0.15) is 5.75 Å². The molecule has 0 amide bonds. The Kier molecular flexibility index (Phi) is 5.38. The van der Waals surface area contributed by atoms with Crippen molar-refractivity contribution in [1.29, 1.82) is 0 Å². The van der Waals surface area contributed by atoms with Crippen molar-refractivity contribution in [1.82, 2.24) is 9.21 Å². The van der Waals surface area contributed by atoms with Crippen LogP contribution in [0.1, 0.15) is 6.92 Å². The van der Waals surface area contributed by atoms with Crippen LogP contribution < -0.4 is 4.74 Å². The average Bonchev–Trinajstić information content (AvgIpc) is 2.48. The topological polar surface area (TPSA) is 87.2 Å². The van der Waals surface area contributed by atoms with Gasteiger partial charge in [-0.1, -0.05) is 0 Å².